The van der Waals surface area contributed by atoms with Crippen LogP contribution < -0.4 is 0 Å². The second-order valence-electron chi connectivity index (χ2n) is 4.28. The van der Waals surface area contributed by atoms with Gasteiger partial charge < -0.3 is 0 Å². The maximum atomic E-state index is 4.06. The maximum Gasteiger partial charge on any atom is 0 e. The lowest BCUT2D eigenvalue weighted by Gasteiger charge is -2.18. The van der Waals surface area contributed by atoms with E-state index in [0.29, 0.717) is 0 Å². The van der Waals surface area contributed by atoms with E-state index >= 15 is 0 Å². The van der Waals surface area contributed by atoms with Gasteiger partial charge in [-0.3, -0.25) is 0 Å². The van der Waals surface area contributed by atoms with Crippen molar-refractivity contribution < 1.29 is 0 Å². The molecule has 0 fully saturated rings. The Labute approximate surface area is 123 Å². The molecule has 0 saturated carbocycles. The number of halogens is 2. The molecule has 0 unspecified atom stereocenters. The zero-order chi connectivity index (χ0) is 13.0. The van der Waals surface area contributed by atoms with E-state index in [1.807, 2.05) is 0 Å². The minimum atomic E-state index is 1.17. The summed E-state index contributed by atoms with van der Waals surface area (Å²) >= 11 is 4.24. The predicted molar refractivity (Wildman–Crippen MR) is 92.9 cm³/mol. The average molecular weight is 442 g/mol. The summed E-state index contributed by atoms with van der Waals surface area (Å²) in [6.45, 7) is 17.1. The highest BCUT2D eigenvalue weighted by molar-refractivity contribution is 15.0. The van der Waals surface area contributed by atoms with Crippen molar-refractivity contribution in [2.45, 2.75) is 41.5 Å². The Morgan fingerprint density at radius 2 is 1.00 bits per heavy atom. The van der Waals surface area contributed by atoms with Gasteiger partial charge in [-0.05, 0) is 74.9 Å². The number of hydrogen-bond acceptors (Lipinski definition) is 0. The Kier molecular flexibility index (Phi) is 7.17. The first-order valence-corrected chi connectivity index (χ1v) is 11.5. The van der Waals surface area contributed by atoms with Crippen LogP contribution in [0, 0.1) is 34.6 Å². The van der Waals surface area contributed by atoms with Gasteiger partial charge in [-0.25, -0.2) is 0 Å². The van der Waals surface area contributed by atoms with Crippen molar-refractivity contribution in [2.75, 3.05) is 0 Å². The molecule has 16 heavy (non-hydrogen) atoms. The van der Waals surface area contributed by atoms with E-state index in [1.165, 1.54) is 39.0 Å². The average Bonchev–Trinajstić information content (AvgIpc) is 2.26. The Hall–Kier alpha value is 0.420. The Morgan fingerprint density at radius 1 is 0.750 bits per heavy atom. The quantitative estimate of drug-likeness (QED) is 0.466. The SMILES string of the molecule is C=C(C)c1c(C)c(C)c(C)c(C)c1C.II. The van der Waals surface area contributed by atoms with Crippen molar-refractivity contribution in [1.82, 2.24) is 0 Å². The topological polar surface area (TPSA) is 0 Å². The molecule has 0 aliphatic rings. The van der Waals surface area contributed by atoms with Crippen LogP contribution >= 0.6 is 37.2 Å². The first-order valence-electron chi connectivity index (χ1n) is 5.25. The van der Waals surface area contributed by atoms with Gasteiger partial charge in [0.25, 0.3) is 0 Å². The molecule has 0 radical (unpaired) electrons. The van der Waals surface area contributed by atoms with Gasteiger partial charge in [-0.1, -0.05) is 12.2 Å². The summed E-state index contributed by atoms with van der Waals surface area (Å²) in [5.74, 6) is 0. The highest BCUT2D eigenvalue weighted by Crippen LogP contribution is 2.29. The molecule has 0 atom stereocenters. The monoisotopic (exact) mass is 442 g/mol. The van der Waals surface area contributed by atoms with Crippen LogP contribution in [-0.2, 0) is 0 Å². The van der Waals surface area contributed by atoms with Crippen LogP contribution in [-0.4, -0.2) is 0 Å². The fourth-order valence-corrected chi connectivity index (χ4v) is 2.14. The molecule has 1 aromatic rings. The molecule has 2 heteroatoms. The van der Waals surface area contributed by atoms with E-state index in [0.717, 1.165) is 0 Å². The molecule has 0 heterocycles. The molecular weight excluding hydrogens is 422 g/mol. The number of rotatable bonds is 1. The Bertz CT molecular complexity index is 375. The van der Waals surface area contributed by atoms with Gasteiger partial charge in [0.1, 0.15) is 0 Å². The predicted octanol–water partition coefficient (Wildman–Crippen LogP) is 6.03. The smallest absolute Gasteiger partial charge is 0 e. The van der Waals surface area contributed by atoms with Crippen molar-refractivity contribution in [3.05, 3.63) is 40.0 Å². The summed E-state index contributed by atoms with van der Waals surface area (Å²) in [6, 6.07) is 0. The summed E-state index contributed by atoms with van der Waals surface area (Å²) in [5, 5.41) is 0. The Balaban J connectivity index is 0.00000106. The van der Waals surface area contributed by atoms with Crippen LogP contribution in [0.15, 0.2) is 6.58 Å². The van der Waals surface area contributed by atoms with Gasteiger partial charge in [-0.2, -0.15) is 0 Å². The summed E-state index contributed by atoms with van der Waals surface area (Å²) in [7, 11) is 0. The molecule has 90 valence electrons. The lowest BCUT2D eigenvalue weighted by molar-refractivity contribution is 1.16. The lowest BCUT2D eigenvalue weighted by Crippen LogP contribution is -2.00. The van der Waals surface area contributed by atoms with Gasteiger partial charge in [0.05, 0.1) is 0 Å². The second kappa shape index (κ2) is 6.99. The van der Waals surface area contributed by atoms with Crippen molar-refractivity contribution >= 4 is 42.8 Å². The summed E-state index contributed by atoms with van der Waals surface area (Å²) < 4.78 is 0. The molecule has 1 aromatic carbocycles. The van der Waals surface area contributed by atoms with Crippen LogP contribution in [0.5, 0.6) is 0 Å². The van der Waals surface area contributed by atoms with Crippen molar-refractivity contribution in [3.63, 3.8) is 0 Å². The van der Waals surface area contributed by atoms with E-state index < -0.39 is 0 Å². The molecule has 0 saturated heterocycles. The molecule has 0 bridgehead atoms. The zero-order valence-electron chi connectivity index (χ0n) is 11.0. The van der Waals surface area contributed by atoms with Gasteiger partial charge in [0.15, 0.2) is 0 Å². The number of hydrogen-bond donors (Lipinski definition) is 0. The third-order valence-corrected chi connectivity index (χ3v) is 3.43. The molecule has 0 spiro atoms. The minimum Gasteiger partial charge on any atom is -0.0955 e. The first-order chi connectivity index (χ1) is 7.37. The number of benzene rings is 1. The minimum absolute atomic E-state index is 1.17. The molecule has 0 amide bonds. The fraction of sp³-hybridized carbons (Fsp3) is 0.429. The van der Waals surface area contributed by atoms with Crippen molar-refractivity contribution in [1.29, 1.82) is 0 Å². The van der Waals surface area contributed by atoms with Gasteiger partial charge in [0, 0.05) is 37.2 Å². The molecule has 0 N–H and O–H groups in total. The van der Waals surface area contributed by atoms with Gasteiger partial charge >= 0.3 is 0 Å². The highest BCUT2D eigenvalue weighted by atomic mass is 128. The van der Waals surface area contributed by atoms with E-state index in [1.54, 1.807) is 0 Å². The molecule has 0 aromatic heterocycles. The normalized spacial score (nSPS) is 9.50. The zero-order valence-corrected chi connectivity index (χ0v) is 15.3. The summed E-state index contributed by atoms with van der Waals surface area (Å²) in [6.07, 6.45) is 0. The third kappa shape index (κ3) is 3.22. The highest BCUT2D eigenvalue weighted by Gasteiger charge is 2.11. The largest absolute Gasteiger partial charge is 0.0955 e. The van der Waals surface area contributed by atoms with E-state index in [4.69, 9.17) is 0 Å². The third-order valence-electron chi connectivity index (χ3n) is 3.43. The second-order valence-corrected chi connectivity index (χ2v) is 4.28. The van der Waals surface area contributed by atoms with E-state index in [2.05, 4.69) is 85.4 Å². The Morgan fingerprint density at radius 3 is 1.25 bits per heavy atom. The van der Waals surface area contributed by atoms with Crippen molar-refractivity contribution in [2.24, 2.45) is 0 Å². The van der Waals surface area contributed by atoms with Gasteiger partial charge in [0.2, 0.25) is 0 Å². The molecule has 0 aliphatic carbocycles. The molecule has 0 nitrogen and oxygen atoms in total. The van der Waals surface area contributed by atoms with Crippen LogP contribution in [0.1, 0.15) is 40.3 Å². The molecular formula is C14H20I2. The maximum absolute atomic E-state index is 4.06. The standard InChI is InChI=1S/C14H20.I2/c1-8(2)14-12(6)10(4)9(3)11(5)13(14)7;1-2/h1H2,2-7H3;. The number of allylic oxidation sites excluding steroid dienone is 1. The fourth-order valence-electron chi connectivity index (χ4n) is 2.14. The molecule has 0 aliphatic heterocycles. The van der Waals surface area contributed by atoms with Crippen LogP contribution in [0.4, 0.5) is 0 Å². The lowest BCUT2D eigenvalue weighted by atomic mass is 9.87. The first kappa shape index (κ1) is 16.4. The summed E-state index contributed by atoms with van der Waals surface area (Å²) in [5.41, 5.74) is 9.54. The summed E-state index contributed by atoms with van der Waals surface area (Å²) in [4.78, 5) is 0. The van der Waals surface area contributed by atoms with E-state index in [-0.39, 0.29) is 0 Å². The van der Waals surface area contributed by atoms with Crippen molar-refractivity contribution in [3.8, 4) is 0 Å². The van der Waals surface area contributed by atoms with E-state index in [9.17, 15) is 0 Å². The van der Waals surface area contributed by atoms with Crippen LogP contribution in [0.2, 0.25) is 0 Å². The van der Waals surface area contributed by atoms with Crippen LogP contribution in [0.3, 0.4) is 0 Å². The van der Waals surface area contributed by atoms with Gasteiger partial charge in [-0.15, -0.1) is 0 Å². The van der Waals surface area contributed by atoms with Crippen LogP contribution in [0.25, 0.3) is 5.57 Å². The molecule has 1 rings (SSSR count).